The van der Waals surface area contributed by atoms with Crippen LogP contribution in [0.3, 0.4) is 0 Å². The van der Waals surface area contributed by atoms with Crippen molar-refractivity contribution in [3.63, 3.8) is 0 Å². The first kappa shape index (κ1) is 21.8. The third-order valence-electron chi connectivity index (χ3n) is 5.25. The molecule has 1 fully saturated rings. The number of carbonyl (C=O) groups excluding carboxylic acids is 3. The van der Waals surface area contributed by atoms with Gasteiger partial charge in [0.2, 0.25) is 5.91 Å². The number of imide groups is 1. The van der Waals surface area contributed by atoms with Gasteiger partial charge in [-0.2, -0.15) is 0 Å². The number of benzene rings is 2. The van der Waals surface area contributed by atoms with E-state index < -0.39 is 11.9 Å². The Morgan fingerprint density at radius 2 is 1.93 bits per heavy atom. The second-order valence-electron chi connectivity index (χ2n) is 7.48. The Morgan fingerprint density at radius 3 is 2.63 bits per heavy atom. The number of carbonyl (C=O) groups is 3. The third kappa shape index (κ3) is 5.19. The molecule has 3 rings (SSSR count). The molecule has 1 aliphatic rings. The van der Waals surface area contributed by atoms with Gasteiger partial charge < -0.3 is 9.64 Å². The number of methoxy groups -OCH3 is 1. The lowest BCUT2D eigenvalue weighted by Gasteiger charge is -2.27. The molecule has 1 unspecified atom stereocenters. The largest absolute Gasteiger partial charge is 0.496 e. The smallest absolute Gasteiger partial charge is 0.327 e. The Labute approximate surface area is 181 Å². The van der Waals surface area contributed by atoms with Gasteiger partial charge in [0.25, 0.3) is 0 Å². The average molecular weight is 429 g/mol. The van der Waals surface area contributed by atoms with E-state index in [0.29, 0.717) is 30.2 Å². The molecule has 1 heterocycles. The van der Waals surface area contributed by atoms with E-state index in [1.165, 1.54) is 4.90 Å². The van der Waals surface area contributed by atoms with Crippen molar-refractivity contribution >= 4 is 29.3 Å². The molecule has 2 aromatic rings. The molecule has 0 radical (unpaired) electrons. The van der Waals surface area contributed by atoms with E-state index in [2.05, 4.69) is 0 Å². The van der Waals surface area contributed by atoms with E-state index in [9.17, 15) is 14.4 Å². The lowest BCUT2D eigenvalue weighted by Crippen LogP contribution is -2.47. The number of ether oxygens (including phenoxy) is 1. The van der Waals surface area contributed by atoms with Gasteiger partial charge in [-0.15, -0.1) is 0 Å². The van der Waals surface area contributed by atoms with Crippen molar-refractivity contribution < 1.29 is 19.1 Å². The van der Waals surface area contributed by atoms with Crippen molar-refractivity contribution in [3.05, 3.63) is 64.7 Å². The number of likely N-dealkylation sites (tertiary alicyclic amines) is 1. The number of halogens is 1. The molecule has 158 valence electrons. The molecule has 7 heteroatoms. The molecule has 2 aromatic carbocycles. The minimum Gasteiger partial charge on any atom is -0.496 e. The van der Waals surface area contributed by atoms with Gasteiger partial charge in [-0.05, 0) is 42.2 Å². The Hall–Kier alpha value is -2.86. The van der Waals surface area contributed by atoms with Gasteiger partial charge in [-0.3, -0.25) is 14.5 Å². The Balaban J connectivity index is 1.79. The molecular formula is C23H25ClN2O4. The molecule has 0 saturated carbocycles. The van der Waals surface area contributed by atoms with E-state index >= 15 is 0 Å². The summed E-state index contributed by atoms with van der Waals surface area (Å²) in [5.74, 6) is -0.335. The van der Waals surface area contributed by atoms with Crippen LogP contribution in [0.25, 0.3) is 0 Å². The van der Waals surface area contributed by atoms with Crippen LogP contribution in [0.15, 0.2) is 48.5 Å². The number of hydrogen-bond donors (Lipinski definition) is 0. The van der Waals surface area contributed by atoms with Gasteiger partial charge in [0.15, 0.2) is 5.78 Å². The first-order chi connectivity index (χ1) is 14.4. The summed E-state index contributed by atoms with van der Waals surface area (Å²) in [6.07, 6.45) is 0.993. The molecule has 1 atom stereocenters. The first-order valence-corrected chi connectivity index (χ1v) is 10.2. The maximum atomic E-state index is 13.2. The Bertz CT molecular complexity index is 932. The van der Waals surface area contributed by atoms with Crippen molar-refractivity contribution in [2.75, 3.05) is 20.7 Å². The number of Topliss-reactive ketones (excluding diaryl/α,β-unsaturated/α-hetero) is 1. The molecule has 0 N–H and O–H groups in total. The van der Waals surface area contributed by atoms with E-state index in [1.54, 1.807) is 32.4 Å². The maximum absolute atomic E-state index is 13.2. The standard InChI is InChI=1S/C23H25ClN2O4/c1-25(14-16-6-4-3-5-7-16)23(29)26-15-20(27)10-8-17(22(26)28)12-18-13-19(24)9-11-21(18)30-2/h3-7,9,11,13,17H,8,10,12,14-15H2,1-2H3. The summed E-state index contributed by atoms with van der Waals surface area (Å²) in [6.45, 7) is 0.157. The van der Waals surface area contributed by atoms with Crippen LogP contribution in [0.4, 0.5) is 4.79 Å². The SMILES string of the molecule is COc1ccc(Cl)cc1CC1CCC(=O)CN(C(=O)N(C)Cc2ccccc2)C1=O. The van der Waals surface area contributed by atoms with E-state index in [1.807, 2.05) is 30.3 Å². The van der Waals surface area contributed by atoms with Crippen LogP contribution in [0.1, 0.15) is 24.0 Å². The number of hydrogen-bond acceptors (Lipinski definition) is 4. The van der Waals surface area contributed by atoms with E-state index in [4.69, 9.17) is 16.3 Å². The monoisotopic (exact) mass is 428 g/mol. The lowest BCUT2D eigenvalue weighted by atomic mass is 9.93. The molecule has 0 spiro atoms. The normalized spacial score (nSPS) is 16.9. The summed E-state index contributed by atoms with van der Waals surface area (Å²) in [5, 5.41) is 0.540. The predicted octanol–water partition coefficient (Wildman–Crippen LogP) is 3.95. The fourth-order valence-electron chi connectivity index (χ4n) is 3.67. The highest BCUT2D eigenvalue weighted by Crippen LogP contribution is 2.29. The summed E-state index contributed by atoms with van der Waals surface area (Å²) in [7, 11) is 3.19. The van der Waals surface area contributed by atoms with Gasteiger partial charge in [-0.25, -0.2) is 4.79 Å². The molecule has 1 saturated heterocycles. The lowest BCUT2D eigenvalue weighted by molar-refractivity contribution is -0.134. The molecule has 30 heavy (non-hydrogen) atoms. The first-order valence-electron chi connectivity index (χ1n) is 9.83. The molecule has 3 amide bonds. The average Bonchev–Trinajstić information content (AvgIpc) is 2.87. The predicted molar refractivity (Wildman–Crippen MR) is 114 cm³/mol. The van der Waals surface area contributed by atoms with Crippen LogP contribution in [0.5, 0.6) is 5.75 Å². The number of amides is 3. The number of nitrogens with zero attached hydrogens (tertiary/aromatic N) is 2. The summed E-state index contributed by atoms with van der Waals surface area (Å²) in [6, 6.07) is 14.3. The molecule has 0 aliphatic carbocycles. The van der Waals surface area contributed by atoms with Crippen LogP contribution in [-0.2, 0) is 22.6 Å². The molecule has 6 nitrogen and oxygen atoms in total. The van der Waals surface area contributed by atoms with Crippen LogP contribution in [0, 0.1) is 5.92 Å². The zero-order valence-electron chi connectivity index (χ0n) is 17.1. The topological polar surface area (TPSA) is 66.9 Å². The van der Waals surface area contributed by atoms with Crippen LogP contribution in [0.2, 0.25) is 5.02 Å². The molecule has 0 bridgehead atoms. The molecule has 1 aliphatic heterocycles. The molecule has 0 aromatic heterocycles. The second-order valence-corrected chi connectivity index (χ2v) is 7.92. The van der Waals surface area contributed by atoms with Crippen molar-refractivity contribution in [1.82, 2.24) is 9.80 Å². The van der Waals surface area contributed by atoms with Crippen LogP contribution in [-0.4, -0.2) is 48.2 Å². The number of rotatable bonds is 5. The fourth-order valence-corrected chi connectivity index (χ4v) is 3.86. The Morgan fingerprint density at radius 1 is 1.20 bits per heavy atom. The number of ketones is 1. The van der Waals surface area contributed by atoms with Gasteiger partial charge in [0.05, 0.1) is 13.7 Å². The van der Waals surface area contributed by atoms with Gasteiger partial charge in [-0.1, -0.05) is 41.9 Å². The summed E-state index contributed by atoms with van der Waals surface area (Å²) in [5.41, 5.74) is 1.73. The zero-order chi connectivity index (χ0) is 21.7. The highest BCUT2D eigenvalue weighted by Gasteiger charge is 2.35. The second kappa shape index (κ2) is 9.76. The zero-order valence-corrected chi connectivity index (χ0v) is 17.9. The van der Waals surface area contributed by atoms with E-state index in [0.717, 1.165) is 16.0 Å². The highest BCUT2D eigenvalue weighted by molar-refractivity contribution is 6.30. The minimum absolute atomic E-state index is 0.120. The number of urea groups is 1. The maximum Gasteiger partial charge on any atom is 0.327 e. The van der Waals surface area contributed by atoms with Gasteiger partial charge in [0.1, 0.15) is 5.75 Å². The van der Waals surface area contributed by atoms with Crippen molar-refractivity contribution in [2.24, 2.45) is 5.92 Å². The van der Waals surface area contributed by atoms with Crippen molar-refractivity contribution in [2.45, 2.75) is 25.8 Å². The van der Waals surface area contributed by atoms with Crippen molar-refractivity contribution in [3.8, 4) is 5.75 Å². The summed E-state index contributed by atoms with van der Waals surface area (Å²) < 4.78 is 5.38. The van der Waals surface area contributed by atoms with E-state index in [-0.39, 0.29) is 24.7 Å². The van der Waals surface area contributed by atoms with Gasteiger partial charge in [0, 0.05) is 31.0 Å². The van der Waals surface area contributed by atoms with Crippen molar-refractivity contribution in [1.29, 1.82) is 0 Å². The minimum atomic E-state index is -0.502. The fraction of sp³-hybridized carbons (Fsp3) is 0.348. The van der Waals surface area contributed by atoms with Crippen LogP contribution >= 0.6 is 11.6 Å². The van der Waals surface area contributed by atoms with Gasteiger partial charge >= 0.3 is 6.03 Å². The molecular weight excluding hydrogens is 404 g/mol. The van der Waals surface area contributed by atoms with Crippen LogP contribution < -0.4 is 4.74 Å². The third-order valence-corrected chi connectivity index (χ3v) is 5.49. The summed E-state index contributed by atoms with van der Waals surface area (Å²) in [4.78, 5) is 41.1. The Kier molecular flexibility index (Phi) is 7.11. The highest BCUT2D eigenvalue weighted by atomic mass is 35.5. The summed E-state index contributed by atoms with van der Waals surface area (Å²) >= 11 is 6.12. The quantitative estimate of drug-likeness (QED) is 0.723.